The number of benzene rings is 1. The standard InChI is InChI=1S/C36H51N6O3/c43-34-10-4-1-7-31(34)40-16-13-37(25-40)22-28-19-29(23-38-14-17-41(26-38)32-8-2-5-11-35(32)44)21-30(20-28)24-39-15-18-42(27-39)33-9-3-6-12-36(33)45/h13-21,25-27,31-36,43-45H,1-12,22-24H2/q+3/t31-,32-,33-,34-,35-,36-/m0/s1. The molecule has 3 saturated carbocycles. The van der Waals surface area contributed by atoms with E-state index in [1.54, 1.807) is 0 Å². The number of imidazole rings is 3. The normalized spacial score (nSPS) is 27.5. The molecule has 3 aliphatic rings. The van der Waals surface area contributed by atoms with Crippen LogP contribution in [0.4, 0.5) is 0 Å². The van der Waals surface area contributed by atoms with Gasteiger partial charge in [-0.3, -0.25) is 0 Å². The summed E-state index contributed by atoms with van der Waals surface area (Å²) in [7, 11) is 0. The van der Waals surface area contributed by atoms with E-state index in [2.05, 4.69) is 102 Å². The number of aliphatic hydroxyl groups is 3. The summed E-state index contributed by atoms with van der Waals surface area (Å²) < 4.78 is 13.3. The van der Waals surface area contributed by atoms with E-state index >= 15 is 0 Å². The molecule has 0 bridgehead atoms. The van der Waals surface area contributed by atoms with Crippen molar-refractivity contribution >= 4 is 0 Å². The molecule has 3 aliphatic carbocycles. The molecule has 3 aromatic heterocycles. The maximum atomic E-state index is 10.6. The fourth-order valence-electron chi connectivity index (χ4n) is 8.17. The van der Waals surface area contributed by atoms with Crippen LogP contribution in [0.1, 0.15) is 112 Å². The van der Waals surface area contributed by atoms with Crippen LogP contribution in [0, 0.1) is 0 Å². The van der Waals surface area contributed by atoms with Gasteiger partial charge >= 0.3 is 0 Å². The Bertz CT molecular complexity index is 1360. The van der Waals surface area contributed by atoms with Crippen molar-refractivity contribution in [3.63, 3.8) is 0 Å². The van der Waals surface area contributed by atoms with Crippen molar-refractivity contribution in [3.8, 4) is 0 Å². The molecule has 0 amide bonds. The first-order valence-corrected chi connectivity index (χ1v) is 17.3. The van der Waals surface area contributed by atoms with Gasteiger partial charge in [-0.15, -0.1) is 0 Å². The van der Waals surface area contributed by atoms with E-state index in [0.29, 0.717) is 0 Å². The summed E-state index contributed by atoms with van der Waals surface area (Å²) in [5.41, 5.74) is 3.75. The first kappa shape index (κ1) is 30.4. The molecule has 4 aromatic rings. The van der Waals surface area contributed by atoms with E-state index in [9.17, 15) is 15.3 Å². The first-order chi connectivity index (χ1) is 22.0. The van der Waals surface area contributed by atoms with Gasteiger partial charge in [0.25, 0.3) is 0 Å². The maximum Gasteiger partial charge on any atom is 0.244 e. The van der Waals surface area contributed by atoms with Crippen LogP contribution < -0.4 is 13.7 Å². The number of hydrogen-bond acceptors (Lipinski definition) is 3. The van der Waals surface area contributed by atoms with Gasteiger partial charge in [0.2, 0.25) is 19.0 Å². The van der Waals surface area contributed by atoms with E-state index in [0.717, 1.165) is 77.4 Å². The van der Waals surface area contributed by atoms with Gasteiger partial charge in [-0.1, -0.05) is 19.3 Å². The van der Waals surface area contributed by atoms with Crippen LogP contribution in [0.5, 0.6) is 0 Å². The Balaban J connectivity index is 1.12. The average molecular weight is 616 g/mol. The van der Waals surface area contributed by atoms with Gasteiger partial charge in [-0.05, 0) is 92.7 Å². The molecular formula is C36H51N6O3+3. The van der Waals surface area contributed by atoms with Crippen molar-refractivity contribution in [2.24, 2.45) is 0 Å². The molecule has 0 aliphatic heterocycles. The minimum atomic E-state index is -0.271. The topological polar surface area (TPSA) is 87.1 Å². The van der Waals surface area contributed by atoms with Crippen LogP contribution in [-0.2, 0) is 19.6 Å². The average Bonchev–Trinajstić information content (AvgIpc) is 3.80. The van der Waals surface area contributed by atoms with E-state index in [4.69, 9.17) is 0 Å². The fraction of sp³-hybridized carbons (Fsp3) is 0.583. The highest BCUT2D eigenvalue weighted by atomic mass is 16.3. The highest BCUT2D eigenvalue weighted by Crippen LogP contribution is 2.30. The molecule has 0 radical (unpaired) electrons. The Morgan fingerprint density at radius 2 is 0.756 bits per heavy atom. The predicted molar refractivity (Wildman–Crippen MR) is 168 cm³/mol. The van der Waals surface area contributed by atoms with Crippen molar-refractivity contribution in [1.29, 1.82) is 0 Å². The van der Waals surface area contributed by atoms with Gasteiger partial charge in [-0.25, -0.2) is 27.4 Å². The molecule has 7 rings (SSSR count). The van der Waals surface area contributed by atoms with Crippen molar-refractivity contribution in [1.82, 2.24) is 13.7 Å². The third kappa shape index (κ3) is 7.11. The molecule has 9 heteroatoms. The van der Waals surface area contributed by atoms with Crippen LogP contribution in [0.15, 0.2) is 74.4 Å². The summed E-state index contributed by atoms with van der Waals surface area (Å²) >= 11 is 0. The third-order valence-corrected chi connectivity index (χ3v) is 10.6. The minimum Gasteiger partial charge on any atom is -0.389 e. The molecule has 0 unspecified atom stereocenters. The molecule has 45 heavy (non-hydrogen) atoms. The quantitative estimate of drug-likeness (QED) is 0.252. The van der Waals surface area contributed by atoms with Gasteiger partial charge in [0.05, 0.1) is 18.3 Å². The summed E-state index contributed by atoms with van der Waals surface area (Å²) in [5, 5.41) is 31.8. The van der Waals surface area contributed by atoms with Gasteiger partial charge < -0.3 is 15.3 Å². The van der Waals surface area contributed by atoms with E-state index in [1.165, 1.54) is 36.0 Å². The van der Waals surface area contributed by atoms with Crippen LogP contribution in [0.3, 0.4) is 0 Å². The second-order valence-electron chi connectivity index (χ2n) is 14.0. The summed E-state index contributed by atoms with van der Waals surface area (Å²) in [6, 6.07) is 7.43. The summed E-state index contributed by atoms with van der Waals surface area (Å²) in [6.07, 6.45) is 30.9. The van der Waals surface area contributed by atoms with E-state index in [1.807, 2.05) is 0 Å². The Kier molecular flexibility index (Phi) is 9.19. The Morgan fingerprint density at radius 1 is 0.467 bits per heavy atom. The predicted octanol–water partition coefficient (Wildman–Crippen LogP) is 3.53. The molecular weight excluding hydrogens is 564 g/mol. The van der Waals surface area contributed by atoms with Gasteiger partial charge in [-0.2, -0.15) is 0 Å². The molecule has 240 valence electrons. The second kappa shape index (κ2) is 13.6. The lowest BCUT2D eigenvalue weighted by atomic mass is 9.92. The largest absolute Gasteiger partial charge is 0.389 e. The molecule has 9 nitrogen and oxygen atoms in total. The molecule has 0 saturated heterocycles. The fourth-order valence-corrected chi connectivity index (χ4v) is 8.17. The Labute approximate surface area is 266 Å². The second-order valence-corrected chi connectivity index (χ2v) is 14.0. The molecule has 6 atom stereocenters. The van der Waals surface area contributed by atoms with Gasteiger partial charge in [0.15, 0.2) is 0 Å². The summed E-state index contributed by atoms with van der Waals surface area (Å²) in [5.74, 6) is 0. The molecule has 1 aromatic carbocycles. The number of aromatic nitrogens is 6. The van der Waals surface area contributed by atoms with E-state index < -0.39 is 0 Å². The lowest BCUT2D eigenvalue weighted by molar-refractivity contribution is -0.690. The Hall–Kier alpha value is -3.27. The molecule has 3 fully saturated rings. The monoisotopic (exact) mass is 615 g/mol. The van der Waals surface area contributed by atoms with Crippen LogP contribution in [0.25, 0.3) is 0 Å². The number of nitrogens with zero attached hydrogens (tertiary/aromatic N) is 6. The zero-order chi connectivity index (χ0) is 30.8. The summed E-state index contributed by atoms with van der Waals surface area (Å²) in [6.45, 7) is 2.28. The van der Waals surface area contributed by atoms with Crippen LogP contribution in [-0.4, -0.2) is 47.3 Å². The smallest absolute Gasteiger partial charge is 0.244 e. The maximum absolute atomic E-state index is 10.6. The van der Waals surface area contributed by atoms with Crippen LogP contribution >= 0.6 is 0 Å². The highest BCUT2D eigenvalue weighted by Gasteiger charge is 2.31. The number of aliphatic hydroxyl groups excluding tert-OH is 3. The molecule has 3 N–H and O–H groups in total. The Morgan fingerprint density at radius 3 is 1.04 bits per heavy atom. The minimum absolute atomic E-state index is 0.160. The first-order valence-electron chi connectivity index (χ1n) is 17.3. The summed E-state index contributed by atoms with van der Waals surface area (Å²) in [4.78, 5) is 0. The zero-order valence-corrected chi connectivity index (χ0v) is 26.5. The number of hydrogen-bond donors (Lipinski definition) is 3. The van der Waals surface area contributed by atoms with Crippen molar-refractivity contribution in [2.75, 3.05) is 0 Å². The van der Waals surface area contributed by atoms with Gasteiger partial charge in [0, 0.05) is 0 Å². The van der Waals surface area contributed by atoms with Crippen LogP contribution in [0.2, 0.25) is 0 Å². The van der Waals surface area contributed by atoms with Gasteiger partial charge in [0.1, 0.15) is 74.9 Å². The zero-order valence-electron chi connectivity index (χ0n) is 26.5. The molecule has 0 spiro atoms. The lowest BCUT2D eigenvalue weighted by Gasteiger charge is -2.24. The lowest BCUT2D eigenvalue weighted by Crippen LogP contribution is -2.36. The van der Waals surface area contributed by atoms with Crippen molar-refractivity contribution in [3.05, 3.63) is 91.1 Å². The van der Waals surface area contributed by atoms with Crippen molar-refractivity contribution in [2.45, 2.75) is 133 Å². The molecule has 3 heterocycles. The number of rotatable bonds is 9. The highest BCUT2D eigenvalue weighted by molar-refractivity contribution is 5.29. The SMILES string of the molecule is O[C@H]1CCCC[C@@H]1n1cc[n+](Cc2cc(C[n+]3ccn([C@H]4CCCC[C@@H]4O)c3)cc(C[n+]3ccn([C@H]4CCCC[C@@H]4O)c3)c2)c1. The van der Waals surface area contributed by atoms with Crippen molar-refractivity contribution < 1.29 is 29.0 Å². The van der Waals surface area contributed by atoms with E-state index in [-0.39, 0.29) is 36.4 Å². The third-order valence-electron chi connectivity index (χ3n) is 10.6.